The molecule has 8 atom stereocenters. The summed E-state index contributed by atoms with van der Waals surface area (Å²) in [6.07, 6.45) is -8.26. The number of benzene rings is 3. The molecule has 0 aromatic heterocycles. The molecule has 0 radical (unpaired) electrons. The van der Waals surface area contributed by atoms with Gasteiger partial charge >= 0.3 is 5.97 Å². The molecule has 6 unspecified atom stereocenters. The Balaban J connectivity index is 1.34. The first-order chi connectivity index (χ1) is 20.6. The van der Waals surface area contributed by atoms with Crippen LogP contribution in [0.5, 0.6) is 5.75 Å². The van der Waals surface area contributed by atoms with Gasteiger partial charge in [0, 0.05) is 9.26 Å². The molecular formula is C31H31FINO9. The first-order valence-electron chi connectivity index (χ1n) is 13.6. The summed E-state index contributed by atoms with van der Waals surface area (Å²) in [5.41, 5.74) is 2.09. The highest BCUT2D eigenvalue weighted by Crippen LogP contribution is 2.46. The lowest BCUT2D eigenvalue weighted by molar-refractivity contribution is -0.271. The summed E-state index contributed by atoms with van der Waals surface area (Å²) >= 11 is 2.19. The van der Waals surface area contributed by atoms with Gasteiger partial charge in [-0.3, -0.25) is 4.79 Å². The van der Waals surface area contributed by atoms with E-state index in [4.69, 9.17) is 9.47 Å². The number of anilines is 1. The van der Waals surface area contributed by atoms with Crippen molar-refractivity contribution in [3.8, 4) is 5.75 Å². The molecule has 2 saturated heterocycles. The third-order valence-electron chi connectivity index (χ3n) is 7.80. The summed E-state index contributed by atoms with van der Waals surface area (Å²) in [6.45, 7) is 0. The summed E-state index contributed by atoms with van der Waals surface area (Å²) in [4.78, 5) is 27.1. The van der Waals surface area contributed by atoms with Gasteiger partial charge in [0.1, 0.15) is 29.9 Å². The van der Waals surface area contributed by atoms with Crippen LogP contribution in [0.1, 0.15) is 36.1 Å². The standard InChI is InChI=1S/C31H31FINO9/c1-41-30(40)28-26(37)25(36)27(38)31(43-28)42-21-12-4-17(5-13-21)24-22(14-15-23(35)16-2-6-18(32)7-3-16)29(39)34(24)20-10-8-19(33)9-11-20/h2-13,22-28,31,35-38H,14-15H2,1H3/t22-,23?,24-,25?,26?,27?,28?,31?/m1/s1. The van der Waals surface area contributed by atoms with Crippen LogP contribution < -0.4 is 9.64 Å². The molecule has 1 amide bonds. The van der Waals surface area contributed by atoms with Crippen molar-refractivity contribution < 1.29 is 48.6 Å². The molecule has 0 spiro atoms. The average molecular weight is 707 g/mol. The Hall–Kier alpha value is -3.14. The van der Waals surface area contributed by atoms with Crippen molar-refractivity contribution in [3.05, 3.63) is 93.3 Å². The average Bonchev–Trinajstić information content (AvgIpc) is 3.01. The van der Waals surface area contributed by atoms with Crippen LogP contribution in [-0.2, 0) is 19.1 Å². The summed E-state index contributed by atoms with van der Waals surface area (Å²) in [7, 11) is 1.10. The van der Waals surface area contributed by atoms with Gasteiger partial charge in [0.15, 0.2) is 6.10 Å². The van der Waals surface area contributed by atoms with Gasteiger partial charge in [-0.25, -0.2) is 9.18 Å². The van der Waals surface area contributed by atoms with E-state index in [1.807, 2.05) is 24.3 Å². The van der Waals surface area contributed by atoms with E-state index in [2.05, 4.69) is 27.3 Å². The number of amides is 1. The van der Waals surface area contributed by atoms with Crippen LogP contribution in [0.25, 0.3) is 0 Å². The zero-order valence-corrected chi connectivity index (χ0v) is 25.2. The Morgan fingerprint density at radius 3 is 2.26 bits per heavy atom. The van der Waals surface area contributed by atoms with E-state index in [1.54, 1.807) is 29.2 Å². The number of nitrogens with zero attached hydrogens (tertiary/aromatic N) is 1. The van der Waals surface area contributed by atoms with E-state index in [0.717, 1.165) is 21.9 Å². The van der Waals surface area contributed by atoms with Crippen molar-refractivity contribution >= 4 is 40.2 Å². The zero-order chi connectivity index (χ0) is 30.8. The van der Waals surface area contributed by atoms with Crippen molar-refractivity contribution in [1.29, 1.82) is 0 Å². The molecule has 12 heteroatoms. The van der Waals surface area contributed by atoms with Gasteiger partial charge < -0.3 is 39.5 Å². The number of halogens is 2. The molecule has 3 aromatic rings. The highest BCUT2D eigenvalue weighted by Gasteiger charge is 2.50. The Kier molecular flexibility index (Phi) is 9.63. The number of β-lactam (4-membered cyclic amide) rings is 1. The highest BCUT2D eigenvalue weighted by molar-refractivity contribution is 14.1. The Morgan fingerprint density at radius 2 is 1.63 bits per heavy atom. The van der Waals surface area contributed by atoms with Gasteiger partial charge in [-0.1, -0.05) is 24.3 Å². The third kappa shape index (κ3) is 6.54. The molecule has 43 heavy (non-hydrogen) atoms. The number of rotatable bonds is 9. The first-order valence-corrected chi connectivity index (χ1v) is 14.7. The number of carbonyl (C=O) groups is 2. The van der Waals surface area contributed by atoms with Crippen LogP contribution in [-0.4, -0.2) is 70.1 Å². The van der Waals surface area contributed by atoms with E-state index in [9.17, 15) is 34.4 Å². The molecule has 2 aliphatic rings. The van der Waals surface area contributed by atoms with Crippen molar-refractivity contribution in [2.45, 2.75) is 55.7 Å². The fraction of sp³-hybridized carbons (Fsp3) is 0.355. The lowest BCUT2D eigenvalue weighted by Crippen LogP contribution is -2.61. The molecule has 2 aliphatic heterocycles. The first kappa shape index (κ1) is 31.3. The second-order valence-corrected chi connectivity index (χ2v) is 11.7. The third-order valence-corrected chi connectivity index (χ3v) is 8.52. The van der Waals surface area contributed by atoms with Crippen LogP contribution in [0.4, 0.5) is 10.1 Å². The van der Waals surface area contributed by atoms with Gasteiger partial charge in [0.2, 0.25) is 12.2 Å². The number of aliphatic hydroxyl groups excluding tert-OH is 4. The predicted molar refractivity (Wildman–Crippen MR) is 159 cm³/mol. The number of carbonyl (C=O) groups excluding carboxylic acids is 2. The normalized spacial score (nSPS) is 27.7. The van der Waals surface area contributed by atoms with E-state index in [1.165, 1.54) is 24.3 Å². The highest BCUT2D eigenvalue weighted by atomic mass is 127. The quantitative estimate of drug-likeness (QED) is 0.150. The summed E-state index contributed by atoms with van der Waals surface area (Å²) in [6, 6.07) is 19.6. The monoisotopic (exact) mass is 707 g/mol. The fourth-order valence-electron chi connectivity index (χ4n) is 5.42. The number of ether oxygens (including phenoxy) is 3. The van der Waals surface area contributed by atoms with E-state index in [-0.39, 0.29) is 17.7 Å². The molecule has 0 aliphatic carbocycles. The maximum atomic E-state index is 13.4. The van der Waals surface area contributed by atoms with Crippen LogP contribution in [0.15, 0.2) is 72.8 Å². The maximum Gasteiger partial charge on any atom is 0.337 e. The number of hydrogen-bond acceptors (Lipinski definition) is 9. The lowest BCUT2D eigenvalue weighted by atomic mass is 9.78. The Bertz CT molecular complexity index is 1420. The van der Waals surface area contributed by atoms with E-state index < -0.39 is 54.5 Å². The van der Waals surface area contributed by atoms with Crippen molar-refractivity contribution in [3.63, 3.8) is 0 Å². The zero-order valence-electron chi connectivity index (χ0n) is 23.0. The number of aliphatic hydroxyl groups is 4. The predicted octanol–water partition coefficient (Wildman–Crippen LogP) is 3.01. The van der Waals surface area contributed by atoms with Gasteiger partial charge in [0.05, 0.1) is 25.2 Å². The molecular weight excluding hydrogens is 676 g/mol. The van der Waals surface area contributed by atoms with Gasteiger partial charge in [-0.05, 0) is 95.1 Å². The summed E-state index contributed by atoms with van der Waals surface area (Å²) < 4.78 is 30.1. The van der Waals surface area contributed by atoms with Gasteiger partial charge in [0.25, 0.3) is 0 Å². The van der Waals surface area contributed by atoms with E-state index >= 15 is 0 Å². The van der Waals surface area contributed by atoms with Crippen molar-refractivity contribution in [2.24, 2.45) is 5.92 Å². The number of esters is 1. The maximum absolute atomic E-state index is 13.4. The molecule has 228 valence electrons. The number of methoxy groups -OCH3 is 1. The van der Waals surface area contributed by atoms with Crippen molar-refractivity contribution in [1.82, 2.24) is 0 Å². The largest absolute Gasteiger partial charge is 0.467 e. The number of hydrogen-bond donors (Lipinski definition) is 4. The minimum absolute atomic E-state index is 0.0852. The second-order valence-electron chi connectivity index (χ2n) is 10.5. The molecule has 5 rings (SSSR count). The summed E-state index contributed by atoms with van der Waals surface area (Å²) in [5.74, 6) is -1.59. The second kappa shape index (κ2) is 13.2. The fourth-order valence-corrected chi connectivity index (χ4v) is 5.78. The molecule has 4 N–H and O–H groups in total. The van der Waals surface area contributed by atoms with Crippen LogP contribution >= 0.6 is 22.6 Å². The minimum atomic E-state index is -1.71. The van der Waals surface area contributed by atoms with Crippen LogP contribution in [0, 0.1) is 15.3 Å². The molecule has 0 saturated carbocycles. The minimum Gasteiger partial charge on any atom is -0.467 e. The van der Waals surface area contributed by atoms with Crippen LogP contribution in [0.2, 0.25) is 0 Å². The van der Waals surface area contributed by atoms with Crippen LogP contribution in [0.3, 0.4) is 0 Å². The smallest absolute Gasteiger partial charge is 0.337 e. The molecule has 2 fully saturated rings. The molecule has 10 nitrogen and oxygen atoms in total. The lowest BCUT2D eigenvalue weighted by Gasteiger charge is -2.48. The topological polar surface area (TPSA) is 146 Å². The molecule has 2 heterocycles. The molecule has 0 bridgehead atoms. The van der Waals surface area contributed by atoms with Gasteiger partial charge in [-0.2, -0.15) is 0 Å². The van der Waals surface area contributed by atoms with Gasteiger partial charge in [-0.15, -0.1) is 0 Å². The molecule has 3 aromatic carbocycles. The van der Waals surface area contributed by atoms with E-state index in [0.29, 0.717) is 18.4 Å². The Morgan fingerprint density at radius 1 is 0.977 bits per heavy atom. The van der Waals surface area contributed by atoms with Crippen molar-refractivity contribution in [2.75, 3.05) is 12.0 Å². The summed E-state index contributed by atoms with van der Waals surface area (Å²) in [5, 5.41) is 41.4. The Labute approximate surface area is 260 Å². The SMILES string of the molecule is COC(=O)C1OC(Oc2ccc([C@@H]3[C@@H](CCC(O)c4ccc(F)cc4)C(=O)N3c3ccc(I)cc3)cc2)C(O)C(O)C1O.